The molecular formula is C8H7NaO. The first-order chi connectivity index (χ1) is 4.30. The summed E-state index contributed by atoms with van der Waals surface area (Å²) in [7, 11) is 0. The number of carbonyl (C=O) groups is 1. The Kier molecular flexibility index (Phi) is 4.45. The average molecular weight is 142 g/mol. The second kappa shape index (κ2) is 4.56. The molecule has 46 valence electrons. The fourth-order valence-electron chi connectivity index (χ4n) is 0.624. The maximum absolute atomic E-state index is 10.5. The average Bonchev–Trinajstić information content (AvgIpc) is 1.90. The molecule has 0 aliphatic carbocycles. The van der Waals surface area contributed by atoms with Gasteiger partial charge in [0.15, 0.2) is 0 Å². The molecule has 0 amide bonds. The Morgan fingerprint density at radius 3 is 2.00 bits per heavy atom. The van der Waals surface area contributed by atoms with E-state index < -0.39 is 0 Å². The van der Waals surface area contributed by atoms with Gasteiger partial charge in [-0.2, -0.15) is 6.92 Å². The van der Waals surface area contributed by atoms with Crippen LogP contribution in [0.4, 0.5) is 0 Å². The van der Waals surface area contributed by atoms with Gasteiger partial charge in [0.05, 0.1) is 0 Å². The van der Waals surface area contributed by atoms with Crippen LogP contribution in [-0.4, -0.2) is 5.78 Å². The van der Waals surface area contributed by atoms with Gasteiger partial charge in [-0.15, -0.1) is 17.7 Å². The van der Waals surface area contributed by atoms with Crippen LogP contribution in [0.25, 0.3) is 0 Å². The monoisotopic (exact) mass is 142 g/mol. The molecular weight excluding hydrogens is 135 g/mol. The van der Waals surface area contributed by atoms with Crippen molar-refractivity contribution in [2.75, 3.05) is 0 Å². The smallest absolute Gasteiger partial charge is 0.332 e. The van der Waals surface area contributed by atoms with Crippen LogP contribution >= 0.6 is 0 Å². The van der Waals surface area contributed by atoms with E-state index >= 15 is 0 Å². The topological polar surface area (TPSA) is 17.1 Å². The van der Waals surface area contributed by atoms with Crippen molar-refractivity contribution in [2.24, 2.45) is 0 Å². The maximum atomic E-state index is 10.5. The molecule has 1 aromatic carbocycles. The van der Waals surface area contributed by atoms with Gasteiger partial charge in [0.25, 0.3) is 0 Å². The summed E-state index contributed by atoms with van der Waals surface area (Å²) in [4.78, 5) is 10.5. The van der Waals surface area contributed by atoms with E-state index in [2.05, 4.69) is 6.92 Å². The zero-order valence-electron chi connectivity index (χ0n) is 6.00. The third kappa shape index (κ3) is 2.56. The molecule has 0 bridgehead atoms. The van der Waals surface area contributed by atoms with E-state index in [4.69, 9.17) is 0 Å². The normalized spacial score (nSPS) is 8.00. The molecule has 0 saturated carbocycles. The van der Waals surface area contributed by atoms with Crippen LogP contribution in [0, 0.1) is 6.92 Å². The quantitative estimate of drug-likeness (QED) is 0.271. The predicted molar refractivity (Wildman–Crippen MR) is 36.1 cm³/mol. The molecule has 0 spiro atoms. The number of rotatable bonds is 1. The van der Waals surface area contributed by atoms with Crippen molar-refractivity contribution in [1.82, 2.24) is 0 Å². The van der Waals surface area contributed by atoms with Gasteiger partial charge < -0.3 is 4.79 Å². The van der Waals surface area contributed by atoms with E-state index in [1.165, 1.54) is 0 Å². The number of hydrogen-bond donors (Lipinski definition) is 0. The second-order valence-electron chi connectivity index (χ2n) is 1.79. The zero-order valence-corrected chi connectivity index (χ0v) is 8.00. The van der Waals surface area contributed by atoms with Crippen LogP contribution in [0.5, 0.6) is 0 Å². The van der Waals surface area contributed by atoms with Crippen molar-refractivity contribution in [3.8, 4) is 0 Å². The summed E-state index contributed by atoms with van der Waals surface area (Å²) in [6.07, 6.45) is 0. The summed E-state index contributed by atoms with van der Waals surface area (Å²) in [5.74, 6) is -0.129. The summed E-state index contributed by atoms with van der Waals surface area (Å²) in [6.45, 7) is 3.27. The van der Waals surface area contributed by atoms with Crippen LogP contribution in [0.3, 0.4) is 0 Å². The molecule has 1 aromatic rings. The number of carbonyl (C=O) groups excluding carboxylic acids is 1. The van der Waals surface area contributed by atoms with Crippen molar-refractivity contribution in [3.63, 3.8) is 0 Å². The first-order valence-electron chi connectivity index (χ1n) is 2.72. The van der Waals surface area contributed by atoms with E-state index in [0.717, 1.165) is 0 Å². The molecule has 2 heteroatoms. The van der Waals surface area contributed by atoms with Gasteiger partial charge in [-0.25, -0.2) is 0 Å². The Bertz CT molecular complexity index is 206. The SMILES string of the molecule is [CH2-]C(=O)c1ccccc1.[Na+]. The van der Waals surface area contributed by atoms with E-state index in [0.29, 0.717) is 5.56 Å². The van der Waals surface area contributed by atoms with E-state index in [-0.39, 0.29) is 35.3 Å². The molecule has 0 heterocycles. The van der Waals surface area contributed by atoms with Crippen LogP contribution in [0.2, 0.25) is 0 Å². The van der Waals surface area contributed by atoms with E-state index in [9.17, 15) is 4.79 Å². The molecule has 0 fully saturated rings. The Balaban J connectivity index is 0.000000810. The second-order valence-corrected chi connectivity index (χ2v) is 1.79. The van der Waals surface area contributed by atoms with Gasteiger partial charge in [-0.1, -0.05) is 18.2 Å². The van der Waals surface area contributed by atoms with Gasteiger partial charge in [-0.3, -0.25) is 0 Å². The minimum atomic E-state index is -0.129. The van der Waals surface area contributed by atoms with Gasteiger partial charge in [0.2, 0.25) is 0 Å². The van der Waals surface area contributed by atoms with Crippen LogP contribution < -0.4 is 29.6 Å². The van der Waals surface area contributed by atoms with Crippen molar-refractivity contribution in [1.29, 1.82) is 0 Å². The molecule has 1 nitrogen and oxygen atoms in total. The van der Waals surface area contributed by atoms with Gasteiger partial charge in [-0.05, 0) is 0 Å². The standard InChI is InChI=1S/C8H7O.Na/c1-7(9)8-5-3-2-4-6-8;/h2-6H,1H2;/q-1;+1. The fourth-order valence-corrected chi connectivity index (χ4v) is 0.624. The Hall–Kier alpha value is -0.240. The first kappa shape index (κ1) is 9.76. The molecule has 1 rings (SSSR count). The summed E-state index contributed by atoms with van der Waals surface area (Å²) in [6, 6.07) is 8.99. The molecule has 0 N–H and O–H groups in total. The van der Waals surface area contributed by atoms with Crippen LogP contribution in [-0.2, 0) is 0 Å². The van der Waals surface area contributed by atoms with Gasteiger partial charge in [0.1, 0.15) is 0 Å². The third-order valence-corrected chi connectivity index (χ3v) is 1.10. The van der Waals surface area contributed by atoms with Gasteiger partial charge in [0, 0.05) is 5.78 Å². The minimum Gasteiger partial charge on any atom is -0.332 e. The minimum absolute atomic E-state index is 0. The Labute approximate surface area is 82.7 Å². The van der Waals surface area contributed by atoms with E-state index in [1.807, 2.05) is 18.2 Å². The fraction of sp³-hybridized carbons (Fsp3) is 0. The van der Waals surface area contributed by atoms with Crippen molar-refractivity contribution in [2.45, 2.75) is 0 Å². The van der Waals surface area contributed by atoms with Gasteiger partial charge >= 0.3 is 29.6 Å². The number of hydrogen-bond acceptors (Lipinski definition) is 1. The first-order valence-corrected chi connectivity index (χ1v) is 2.72. The molecule has 0 saturated heterocycles. The largest absolute Gasteiger partial charge is 1.00 e. The van der Waals surface area contributed by atoms with Crippen molar-refractivity contribution < 1.29 is 34.4 Å². The molecule has 10 heavy (non-hydrogen) atoms. The van der Waals surface area contributed by atoms with Crippen LogP contribution in [0.1, 0.15) is 10.4 Å². The molecule has 0 aromatic heterocycles. The van der Waals surface area contributed by atoms with Crippen LogP contribution in [0.15, 0.2) is 30.3 Å². The summed E-state index contributed by atoms with van der Waals surface area (Å²) >= 11 is 0. The summed E-state index contributed by atoms with van der Waals surface area (Å²) in [5, 5.41) is 0. The summed E-state index contributed by atoms with van der Waals surface area (Å²) in [5.41, 5.74) is 0.664. The molecule has 0 atom stereocenters. The van der Waals surface area contributed by atoms with Crippen molar-refractivity contribution >= 4 is 5.78 Å². The maximum Gasteiger partial charge on any atom is 1.00 e. The molecule has 0 radical (unpaired) electrons. The number of ketones is 1. The zero-order chi connectivity index (χ0) is 6.69. The third-order valence-electron chi connectivity index (χ3n) is 1.10. The number of benzene rings is 1. The molecule has 0 aliphatic heterocycles. The predicted octanol–water partition coefficient (Wildman–Crippen LogP) is -1.29. The molecule has 0 aliphatic rings. The van der Waals surface area contributed by atoms with Crippen molar-refractivity contribution in [3.05, 3.63) is 42.8 Å². The Morgan fingerprint density at radius 1 is 1.20 bits per heavy atom. The summed E-state index contributed by atoms with van der Waals surface area (Å²) < 4.78 is 0. The number of Topliss-reactive ketones (excluding diaryl/α,β-unsaturated/α-hetero) is 1. The molecule has 0 unspecified atom stereocenters. The Morgan fingerprint density at radius 2 is 1.70 bits per heavy atom. The van der Waals surface area contributed by atoms with E-state index in [1.54, 1.807) is 12.1 Å².